The Morgan fingerprint density at radius 1 is 1.28 bits per heavy atom. The van der Waals surface area contributed by atoms with E-state index in [0.29, 0.717) is 31.2 Å². The van der Waals surface area contributed by atoms with Crippen LogP contribution < -0.4 is 10.6 Å². The van der Waals surface area contributed by atoms with Crippen molar-refractivity contribution in [3.8, 4) is 0 Å². The lowest BCUT2D eigenvalue weighted by molar-refractivity contribution is -0.0409. The zero-order chi connectivity index (χ0) is 18.0. The average Bonchev–Trinajstić information content (AvgIpc) is 2.57. The van der Waals surface area contributed by atoms with Gasteiger partial charge in [-0.3, -0.25) is 4.98 Å². The van der Waals surface area contributed by atoms with Crippen LogP contribution in [-0.4, -0.2) is 26.9 Å². The van der Waals surface area contributed by atoms with Crippen LogP contribution in [0.1, 0.15) is 42.6 Å². The number of hydrogen-bond acceptors (Lipinski definition) is 5. The highest BCUT2D eigenvalue weighted by atomic mass is 19.3. The molecule has 0 radical (unpaired) electrons. The molecular weight excluding hydrogens is 324 g/mol. The molecule has 134 valence electrons. The number of pyridine rings is 1. The number of nitrogen functional groups attached to an aromatic ring is 1. The fourth-order valence-corrected chi connectivity index (χ4v) is 3.20. The summed E-state index contributed by atoms with van der Waals surface area (Å²) in [7, 11) is 0. The average molecular weight is 347 g/mol. The summed E-state index contributed by atoms with van der Waals surface area (Å²) in [6.45, 7) is 4.08. The number of alkyl halides is 2. The molecule has 1 unspecified atom stereocenters. The minimum Gasteiger partial charge on any atom is -0.383 e. The van der Waals surface area contributed by atoms with Crippen LogP contribution in [-0.2, 0) is 6.54 Å². The molecule has 2 aromatic rings. The molecule has 1 aliphatic rings. The molecule has 0 aliphatic heterocycles. The smallest absolute Gasteiger partial charge is 0.250 e. The van der Waals surface area contributed by atoms with Crippen molar-refractivity contribution in [2.45, 2.75) is 58.0 Å². The van der Waals surface area contributed by atoms with Gasteiger partial charge < -0.3 is 10.6 Å². The summed E-state index contributed by atoms with van der Waals surface area (Å²) in [5, 5.41) is 0. The zero-order valence-electron chi connectivity index (χ0n) is 14.5. The molecule has 2 N–H and O–H groups in total. The van der Waals surface area contributed by atoms with Crippen molar-refractivity contribution < 1.29 is 8.78 Å². The van der Waals surface area contributed by atoms with E-state index in [1.165, 1.54) is 0 Å². The van der Waals surface area contributed by atoms with Crippen LogP contribution in [0.2, 0.25) is 0 Å². The lowest BCUT2D eigenvalue weighted by Crippen LogP contribution is -2.43. The van der Waals surface area contributed by atoms with E-state index >= 15 is 0 Å². The van der Waals surface area contributed by atoms with Gasteiger partial charge in [0.05, 0.1) is 12.2 Å². The first-order valence-electron chi connectivity index (χ1n) is 8.51. The van der Waals surface area contributed by atoms with Gasteiger partial charge in [-0.05, 0) is 38.8 Å². The second-order valence-corrected chi connectivity index (χ2v) is 6.67. The van der Waals surface area contributed by atoms with Crippen LogP contribution in [0.15, 0.2) is 24.4 Å². The van der Waals surface area contributed by atoms with E-state index in [-0.39, 0.29) is 18.9 Å². The monoisotopic (exact) mass is 347 g/mol. The van der Waals surface area contributed by atoms with E-state index in [0.717, 1.165) is 17.0 Å². The predicted octanol–water partition coefficient (Wildman–Crippen LogP) is 3.66. The molecule has 0 amide bonds. The van der Waals surface area contributed by atoms with Crippen LogP contribution in [0.3, 0.4) is 0 Å². The minimum atomic E-state index is -2.66. The second kappa shape index (κ2) is 6.90. The zero-order valence-corrected chi connectivity index (χ0v) is 14.5. The fraction of sp³-hybridized carbons (Fsp3) is 0.500. The van der Waals surface area contributed by atoms with E-state index < -0.39 is 5.92 Å². The van der Waals surface area contributed by atoms with Gasteiger partial charge in [0.25, 0.3) is 0 Å². The molecule has 7 heteroatoms. The van der Waals surface area contributed by atoms with E-state index in [9.17, 15) is 8.78 Å². The Hall–Kier alpha value is -2.31. The highest BCUT2D eigenvalue weighted by molar-refractivity contribution is 5.47. The second-order valence-electron chi connectivity index (χ2n) is 6.67. The molecular formula is C18H23F2N5. The lowest BCUT2D eigenvalue weighted by atomic mass is 9.91. The van der Waals surface area contributed by atoms with Gasteiger partial charge >= 0.3 is 0 Å². The fourth-order valence-electron chi connectivity index (χ4n) is 3.20. The van der Waals surface area contributed by atoms with Crippen molar-refractivity contribution >= 4 is 11.8 Å². The predicted molar refractivity (Wildman–Crippen MR) is 93.5 cm³/mol. The van der Waals surface area contributed by atoms with Crippen molar-refractivity contribution in [1.82, 2.24) is 15.0 Å². The summed E-state index contributed by atoms with van der Waals surface area (Å²) in [5.41, 5.74) is 8.36. The number of hydrogen-bond donors (Lipinski definition) is 1. The summed E-state index contributed by atoms with van der Waals surface area (Å²) < 4.78 is 28.0. The number of nitrogens with two attached hydrogens (primary N) is 1. The maximum absolute atomic E-state index is 14.0. The third-order valence-electron chi connectivity index (χ3n) is 4.79. The van der Waals surface area contributed by atoms with Gasteiger partial charge in [-0.1, -0.05) is 6.07 Å². The topological polar surface area (TPSA) is 67.9 Å². The Bertz CT molecular complexity index is 712. The molecule has 1 atom stereocenters. The van der Waals surface area contributed by atoms with Crippen molar-refractivity contribution in [3.05, 3.63) is 41.3 Å². The Morgan fingerprint density at radius 3 is 2.72 bits per heavy atom. The van der Waals surface area contributed by atoms with E-state index in [2.05, 4.69) is 15.0 Å². The number of halogens is 2. The van der Waals surface area contributed by atoms with Gasteiger partial charge in [-0.2, -0.15) is 4.98 Å². The Balaban J connectivity index is 1.97. The van der Waals surface area contributed by atoms with Crippen molar-refractivity contribution in [2.75, 3.05) is 10.6 Å². The Labute approximate surface area is 146 Å². The first-order chi connectivity index (χ1) is 11.9. The van der Waals surface area contributed by atoms with Gasteiger partial charge in [-0.15, -0.1) is 0 Å². The molecule has 1 aliphatic carbocycles. The van der Waals surface area contributed by atoms with Gasteiger partial charge in [0.15, 0.2) is 0 Å². The molecule has 25 heavy (non-hydrogen) atoms. The summed E-state index contributed by atoms with van der Waals surface area (Å²) in [4.78, 5) is 15.0. The highest BCUT2D eigenvalue weighted by Crippen LogP contribution is 2.37. The molecule has 1 saturated carbocycles. The van der Waals surface area contributed by atoms with Gasteiger partial charge in [0.1, 0.15) is 5.82 Å². The summed E-state index contributed by atoms with van der Waals surface area (Å²) in [6, 6.07) is 5.24. The standard InChI is InChI=1S/C18H23F2N5/c1-12-13(2)23-17(24-16(12)21)25(11-14-6-3-4-9-22-14)15-7-5-8-18(19,20)10-15/h3-4,6,9,15H,5,7-8,10-11H2,1-2H3,(H2,21,23,24). The molecule has 0 aromatic carbocycles. The molecule has 2 aromatic heterocycles. The van der Waals surface area contributed by atoms with Crippen molar-refractivity contribution in [2.24, 2.45) is 0 Å². The lowest BCUT2D eigenvalue weighted by Gasteiger charge is -2.37. The molecule has 0 bridgehead atoms. The van der Waals surface area contributed by atoms with E-state index in [4.69, 9.17) is 5.73 Å². The van der Waals surface area contributed by atoms with Gasteiger partial charge in [0, 0.05) is 36.3 Å². The number of nitrogens with zero attached hydrogens (tertiary/aromatic N) is 4. The number of aryl methyl sites for hydroxylation is 1. The first kappa shape index (κ1) is 17.5. The van der Waals surface area contributed by atoms with Crippen LogP contribution in [0.5, 0.6) is 0 Å². The number of aromatic nitrogens is 3. The molecule has 0 saturated heterocycles. The number of anilines is 2. The molecule has 2 heterocycles. The highest BCUT2D eigenvalue weighted by Gasteiger charge is 2.39. The normalized spacial score (nSPS) is 19.6. The van der Waals surface area contributed by atoms with E-state index in [1.54, 1.807) is 6.20 Å². The van der Waals surface area contributed by atoms with Gasteiger partial charge in [-0.25, -0.2) is 13.8 Å². The van der Waals surface area contributed by atoms with Crippen LogP contribution >= 0.6 is 0 Å². The van der Waals surface area contributed by atoms with Crippen molar-refractivity contribution in [3.63, 3.8) is 0 Å². The van der Waals surface area contributed by atoms with Crippen LogP contribution in [0, 0.1) is 13.8 Å². The Kier molecular flexibility index (Phi) is 4.83. The Morgan fingerprint density at radius 2 is 2.08 bits per heavy atom. The SMILES string of the molecule is Cc1nc(N(Cc2ccccn2)C2CCCC(F)(F)C2)nc(N)c1C. The largest absolute Gasteiger partial charge is 0.383 e. The third kappa shape index (κ3) is 4.03. The van der Waals surface area contributed by atoms with Crippen molar-refractivity contribution in [1.29, 1.82) is 0 Å². The quantitative estimate of drug-likeness (QED) is 0.914. The molecule has 5 nitrogen and oxygen atoms in total. The number of rotatable bonds is 4. The first-order valence-corrected chi connectivity index (χ1v) is 8.51. The maximum Gasteiger partial charge on any atom is 0.250 e. The van der Waals surface area contributed by atoms with E-state index in [1.807, 2.05) is 36.9 Å². The van der Waals surface area contributed by atoms with Crippen LogP contribution in [0.4, 0.5) is 20.5 Å². The van der Waals surface area contributed by atoms with Crippen LogP contribution in [0.25, 0.3) is 0 Å². The third-order valence-corrected chi connectivity index (χ3v) is 4.79. The summed E-state index contributed by atoms with van der Waals surface area (Å²) in [6.07, 6.45) is 2.60. The molecule has 3 rings (SSSR count). The summed E-state index contributed by atoms with van der Waals surface area (Å²) >= 11 is 0. The maximum atomic E-state index is 14.0. The molecule has 1 fully saturated rings. The summed E-state index contributed by atoms with van der Waals surface area (Å²) in [5.74, 6) is -1.87. The molecule has 0 spiro atoms. The van der Waals surface area contributed by atoms with Gasteiger partial charge in [0.2, 0.25) is 11.9 Å². The minimum absolute atomic E-state index is 0.0587.